The normalized spacial score (nSPS) is 20.1. The van der Waals surface area contributed by atoms with E-state index >= 15 is 0 Å². The molecule has 2 atom stereocenters. The number of ether oxygens (including phenoxy) is 2. The first-order valence-electron chi connectivity index (χ1n) is 13.2. The molecule has 8 nitrogen and oxygen atoms in total. The first-order chi connectivity index (χ1) is 16.9. The molecule has 2 aliphatic rings. The summed E-state index contributed by atoms with van der Waals surface area (Å²) in [6.45, 7) is 9.67. The molecule has 2 unspecified atom stereocenters. The molecule has 2 saturated heterocycles. The van der Waals surface area contributed by atoms with Crippen molar-refractivity contribution in [3.05, 3.63) is 35.2 Å². The first-order valence-corrected chi connectivity index (χ1v) is 13.2. The number of aryl methyl sites for hydroxylation is 1. The lowest BCUT2D eigenvalue weighted by Gasteiger charge is -2.32. The Morgan fingerprint density at radius 2 is 2.00 bits per heavy atom. The Bertz CT molecular complexity index is 977. The second-order valence-corrected chi connectivity index (χ2v) is 10.2. The molecular formula is C27H41N5O3. The number of aromatic nitrogens is 3. The lowest BCUT2D eigenvalue weighted by atomic mass is 9.93. The number of hydrogen-bond acceptors (Lipinski definition) is 6. The highest BCUT2D eigenvalue weighted by molar-refractivity contribution is 5.74. The van der Waals surface area contributed by atoms with Crippen LogP contribution in [0.15, 0.2) is 18.2 Å². The lowest BCUT2D eigenvalue weighted by Crippen LogP contribution is -2.37. The summed E-state index contributed by atoms with van der Waals surface area (Å²) in [6, 6.07) is 6.15. The Balaban J connectivity index is 1.49. The largest absolute Gasteiger partial charge is 0.482 e. The van der Waals surface area contributed by atoms with Crippen molar-refractivity contribution in [1.82, 2.24) is 14.8 Å². The average molecular weight is 484 g/mol. The molecule has 0 aliphatic carbocycles. The van der Waals surface area contributed by atoms with Crippen LogP contribution in [-0.2, 0) is 16.1 Å². The van der Waals surface area contributed by atoms with Crippen LogP contribution < -0.4 is 15.4 Å². The molecule has 2 N–H and O–H groups in total. The van der Waals surface area contributed by atoms with Crippen molar-refractivity contribution in [2.45, 2.75) is 90.9 Å². The van der Waals surface area contributed by atoms with Crippen molar-refractivity contribution in [3.8, 4) is 5.75 Å². The fraction of sp³-hybridized carbons (Fsp3) is 0.667. The number of anilines is 1. The van der Waals surface area contributed by atoms with E-state index in [4.69, 9.17) is 15.2 Å². The molecule has 0 saturated carbocycles. The van der Waals surface area contributed by atoms with E-state index < -0.39 is 0 Å². The maximum absolute atomic E-state index is 11.4. The molecule has 8 heteroatoms. The summed E-state index contributed by atoms with van der Waals surface area (Å²) in [4.78, 5) is 13.7. The van der Waals surface area contributed by atoms with Gasteiger partial charge in [0, 0.05) is 32.7 Å². The maximum atomic E-state index is 11.4. The predicted octanol–water partition coefficient (Wildman–Crippen LogP) is 4.48. The third-order valence-corrected chi connectivity index (χ3v) is 7.55. The topological polar surface area (TPSA) is 95.5 Å². The minimum atomic E-state index is -0.227. The van der Waals surface area contributed by atoms with E-state index in [0.717, 1.165) is 81.4 Å². The number of carbonyl (C=O) groups excluding carboxylic acids is 1. The molecule has 2 aliphatic heterocycles. The molecule has 4 rings (SSSR count). The van der Waals surface area contributed by atoms with Gasteiger partial charge in [-0.05, 0) is 88.8 Å². The van der Waals surface area contributed by atoms with Crippen LogP contribution in [0.3, 0.4) is 0 Å². The zero-order valence-corrected chi connectivity index (χ0v) is 21.5. The van der Waals surface area contributed by atoms with Crippen molar-refractivity contribution in [3.63, 3.8) is 0 Å². The molecule has 0 spiro atoms. The monoisotopic (exact) mass is 483 g/mol. The van der Waals surface area contributed by atoms with Crippen molar-refractivity contribution in [2.75, 3.05) is 24.6 Å². The number of rotatable bonds is 10. The molecule has 0 bridgehead atoms. The van der Waals surface area contributed by atoms with Crippen LogP contribution in [-0.4, -0.2) is 46.5 Å². The van der Waals surface area contributed by atoms with Gasteiger partial charge in [0.25, 0.3) is 0 Å². The van der Waals surface area contributed by atoms with Gasteiger partial charge in [-0.2, -0.15) is 0 Å². The minimum absolute atomic E-state index is 0.212. The van der Waals surface area contributed by atoms with Gasteiger partial charge in [0.05, 0.1) is 6.10 Å². The molecule has 1 aromatic carbocycles. The molecule has 2 aromatic rings. The third kappa shape index (κ3) is 6.54. The fourth-order valence-electron chi connectivity index (χ4n) is 5.28. The molecule has 0 radical (unpaired) electrons. The molecular weight excluding hydrogens is 442 g/mol. The summed E-state index contributed by atoms with van der Waals surface area (Å²) < 4.78 is 14.6. The Morgan fingerprint density at radius 3 is 2.71 bits per heavy atom. The van der Waals surface area contributed by atoms with Gasteiger partial charge < -0.3 is 20.1 Å². The summed E-state index contributed by atoms with van der Waals surface area (Å²) >= 11 is 0. The Hall–Kier alpha value is -2.61. The summed E-state index contributed by atoms with van der Waals surface area (Å²) in [5, 5.41) is 9.24. The summed E-state index contributed by atoms with van der Waals surface area (Å²) in [7, 11) is 0. The van der Waals surface area contributed by atoms with E-state index in [-0.39, 0.29) is 12.0 Å². The standard InChI is InChI=1S/C27H41N5O3/c1-19-8-6-11-24(20(19)2)35-21(3)26-29-30-27(31-15-12-22(13-16-31)18-25(28)33)32(26)14-7-10-23-9-4-5-17-34-23/h6,8,11,21-23H,4-5,7,9-10,12-18H2,1-3H3,(H2,28,33). The SMILES string of the molecule is Cc1cccc(OC(C)c2nnc(N3CCC(CC(N)=O)CC3)n2CCCC2CCCCO2)c1C. The van der Waals surface area contributed by atoms with E-state index in [0.29, 0.717) is 18.4 Å². The van der Waals surface area contributed by atoms with Crippen LogP contribution in [0, 0.1) is 19.8 Å². The summed E-state index contributed by atoms with van der Waals surface area (Å²) in [6.07, 6.45) is 8.13. The highest BCUT2D eigenvalue weighted by Gasteiger charge is 2.27. The zero-order valence-electron chi connectivity index (χ0n) is 21.5. The quantitative estimate of drug-likeness (QED) is 0.535. The van der Waals surface area contributed by atoms with Crippen LogP contribution in [0.1, 0.15) is 81.3 Å². The van der Waals surface area contributed by atoms with Crippen LogP contribution in [0.25, 0.3) is 0 Å². The number of piperidine rings is 1. The van der Waals surface area contributed by atoms with Gasteiger partial charge in [0.2, 0.25) is 11.9 Å². The van der Waals surface area contributed by atoms with E-state index in [1.807, 2.05) is 12.1 Å². The number of benzene rings is 1. The average Bonchev–Trinajstić information content (AvgIpc) is 3.27. The summed E-state index contributed by atoms with van der Waals surface area (Å²) in [5.74, 6) is 2.78. The molecule has 35 heavy (non-hydrogen) atoms. The van der Waals surface area contributed by atoms with E-state index in [9.17, 15) is 4.79 Å². The Kier molecular flexibility index (Phi) is 8.65. The van der Waals surface area contributed by atoms with Gasteiger partial charge in [0.1, 0.15) is 5.75 Å². The van der Waals surface area contributed by atoms with Crippen molar-refractivity contribution in [2.24, 2.45) is 11.7 Å². The van der Waals surface area contributed by atoms with Gasteiger partial charge in [-0.25, -0.2) is 0 Å². The van der Waals surface area contributed by atoms with Gasteiger partial charge in [-0.3, -0.25) is 9.36 Å². The van der Waals surface area contributed by atoms with Gasteiger partial charge in [0.15, 0.2) is 11.9 Å². The third-order valence-electron chi connectivity index (χ3n) is 7.55. The predicted molar refractivity (Wildman–Crippen MR) is 137 cm³/mol. The zero-order chi connectivity index (χ0) is 24.8. The number of nitrogens with two attached hydrogens (primary N) is 1. The van der Waals surface area contributed by atoms with Crippen LogP contribution in [0.4, 0.5) is 5.95 Å². The van der Waals surface area contributed by atoms with E-state index in [1.54, 1.807) is 0 Å². The molecule has 192 valence electrons. The van der Waals surface area contributed by atoms with Gasteiger partial charge >= 0.3 is 0 Å². The second kappa shape index (κ2) is 11.9. The number of primary amides is 1. The van der Waals surface area contributed by atoms with Gasteiger partial charge in [-0.1, -0.05) is 12.1 Å². The highest BCUT2D eigenvalue weighted by Crippen LogP contribution is 2.30. The van der Waals surface area contributed by atoms with E-state index in [1.165, 1.54) is 18.4 Å². The van der Waals surface area contributed by atoms with E-state index in [2.05, 4.69) is 46.5 Å². The number of hydrogen-bond donors (Lipinski definition) is 1. The van der Waals surface area contributed by atoms with Crippen molar-refractivity contribution in [1.29, 1.82) is 0 Å². The molecule has 1 amide bonds. The van der Waals surface area contributed by atoms with Gasteiger partial charge in [-0.15, -0.1) is 10.2 Å². The number of nitrogens with zero attached hydrogens (tertiary/aromatic N) is 4. The lowest BCUT2D eigenvalue weighted by molar-refractivity contribution is -0.119. The minimum Gasteiger partial charge on any atom is -0.482 e. The number of carbonyl (C=O) groups is 1. The Labute approximate surface area is 209 Å². The highest BCUT2D eigenvalue weighted by atomic mass is 16.5. The molecule has 2 fully saturated rings. The van der Waals surface area contributed by atoms with Crippen molar-refractivity contribution >= 4 is 11.9 Å². The smallest absolute Gasteiger partial charge is 0.227 e. The van der Waals surface area contributed by atoms with Crippen LogP contribution >= 0.6 is 0 Å². The second-order valence-electron chi connectivity index (χ2n) is 10.2. The number of amides is 1. The van der Waals surface area contributed by atoms with Crippen molar-refractivity contribution < 1.29 is 14.3 Å². The van der Waals surface area contributed by atoms with Crippen LogP contribution in [0.5, 0.6) is 5.75 Å². The Morgan fingerprint density at radius 1 is 1.20 bits per heavy atom. The molecule has 1 aromatic heterocycles. The molecule has 3 heterocycles. The fourth-order valence-corrected chi connectivity index (χ4v) is 5.28. The maximum Gasteiger partial charge on any atom is 0.227 e. The summed E-state index contributed by atoms with van der Waals surface area (Å²) in [5.41, 5.74) is 7.79. The first kappa shape index (κ1) is 25.5. The van der Waals surface area contributed by atoms with Crippen LogP contribution in [0.2, 0.25) is 0 Å².